The number of urea groups is 1. The largest absolute Gasteiger partial charge is 0.329 e. The van der Waals surface area contributed by atoms with Gasteiger partial charge in [-0.3, -0.25) is 19.7 Å². The number of nitrogens with zero attached hydrogens (tertiary/aromatic N) is 1. The Hall–Kier alpha value is -2.19. The number of unbranched alkanes of at least 4 members (excludes halogenated alkanes) is 2. The minimum absolute atomic E-state index is 0.222. The molecule has 0 saturated carbocycles. The lowest BCUT2D eigenvalue weighted by molar-refractivity contribution is -0.129. The Morgan fingerprint density at radius 1 is 1.36 bits per heavy atom. The molecule has 7 nitrogen and oxygen atoms in total. The molecule has 1 aromatic rings. The molecule has 8 heteroatoms. The second-order valence-corrected chi connectivity index (χ2v) is 5.79. The van der Waals surface area contributed by atoms with Gasteiger partial charge in [-0.05, 0) is 30.4 Å². The van der Waals surface area contributed by atoms with Gasteiger partial charge in [0.25, 0.3) is 5.91 Å². The van der Waals surface area contributed by atoms with Crippen molar-refractivity contribution in [1.82, 2.24) is 15.7 Å². The second kappa shape index (κ2) is 7.71. The van der Waals surface area contributed by atoms with E-state index >= 15 is 0 Å². The fraction of sp³-hybridized carbons (Fsp3) is 0.357. The SMILES string of the molecule is O=C(CCCCCN1C(=O)NC(=Cc2cccs2)C1=O)NO. The Kier molecular flexibility index (Phi) is 5.68. The van der Waals surface area contributed by atoms with Gasteiger partial charge in [0, 0.05) is 17.8 Å². The van der Waals surface area contributed by atoms with Crippen molar-refractivity contribution in [3.05, 3.63) is 28.1 Å². The predicted molar refractivity (Wildman–Crippen MR) is 80.9 cm³/mol. The van der Waals surface area contributed by atoms with Gasteiger partial charge >= 0.3 is 6.03 Å². The first-order valence-corrected chi connectivity index (χ1v) is 7.81. The summed E-state index contributed by atoms with van der Waals surface area (Å²) in [6, 6.07) is 3.32. The Balaban J connectivity index is 1.81. The van der Waals surface area contributed by atoms with Crippen molar-refractivity contribution in [3.63, 3.8) is 0 Å². The van der Waals surface area contributed by atoms with Crippen LogP contribution in [0.25, 0.3) is 6.08 Å². The number of hydrogen-bond donors (Lipinski definition) is 3. The summed E-state index contributed by atoms with van der Waals surface area (Å²) in [6.07, 6.45) is 3.78. The van der Waals surface area contributed by atoms with Crippen LogP contribution in [0.3, 0.4) is 0 Å². The number of carbonyl (C=O) groups excluding carboxylic acids is 3. The van der Waals surface area contributed by atoms with Crippen LogP contribution in [0.15, 0.2) is 23.2 Å². The fourth-order valence-corrected chi connectivity index (χ4v) is 2.74. The molecule has 1 aromatic heterocycles. The summed E-state index contributed by atoms with van der Waals surface area (Å²) in [5, 5.41) is 12.8. The molecule has 0 bridgehead atoms. The summed E-state index contributed by atoms with van der Waals surface area (Å²) in [4.78, 5) is 36.9. The number of imide groups is 1. The third-order valence-electron chi connectivity index (χ3n) is 3.20. The van der Waals surface area contributed by atoms with Crippen molar-refractivity contribution in [2.45, 2.75) is 25.7 Å². The van der Waals surface area contributed by atoms with Crippen molar-refractivity contribution in [1.29, 1.82) is 0 Å². The van der Waals surface area contributed by atoms with Crippen molar-refractivity contribution < 1.29 is 19.6 Å². The molecule has 3 N–H and O–H groups in total. The third-order valence-corrected chi connectivity index (χ3v) is 4.02. The number of hydrogen-bond acceptors (Lipinski definition) is 5. The highest BCUT2D eigenvalue weighted by molar-refractivity contribution is 7.10. The maximum Gasteiger partial charge on any atom is 0.329 e. The first-order valence-electron chi connectivity index (χ1n) is 6.93. The lowest BCUT2D eigenvalue weighted by Crippen LogP contribution is -2.31. The summed E-state index contributed by atoms with van der Waals surface area (Å²) in [5.74, 6) is -0.761. The van der Waals surface area contributed by atoms with E-state index in [1.54, 1.807) is 11.6 Å². The van der Waals surface area contributed by atoms with Crippen LogP contribution in [0.2, 0.25) is 0 Å². The Bertz CT molecular complexity index is 583. The smallest absolute Gasteiger partial charge is 0.303 e. The highest BCUT2D eigenvalue weighted by atomic mass is 32.1. The Morgan fingerprint density at radius 3 is 2.86 bits per heavy atom. The predicted octanol–water partition coefficient (Wildman–Crippen LogP) is 1.71. The second-order valence-electron chi connectivity index (χ2n) is 4.81. The molecule has 1 saturated heterocycles. The highest BCUT2D eigenvalue weighted by Crippen LogP contribution is 2.17. The molecular formula is C14H17N3O4S. The zero-order chi connectivity index (χ0) is 15.9. The van der Waals surface area contributed by atoms with Crippen LogP contribution in [0.4, 0.5) is 4.79 Å². The van der Waals surface area contributed by atoms with Crippen LogP contribution in [-0.2, 0) is 9.59 Å². The van der Waals surface area contributed by atoms with E-state index in [4.69, 9.17) is 5.21 Å². The maximum absolute atomic E-state index is 12.1. The first-order chi connectivity index (χ1) is 10.6. The van der Waals surface area contributed by atoms with Crippen molar-refractivity contribution in [2.75, 3.05) is 6.54 Å². The third kappa shape index (κ3) is 4.15. The summed E-state index contributed by atoms with van der Waals surface area (Å²) in [6.45, 7) is 0.313. The van der Waals surface area contributed by atoms with E-state index in [2.05, 4.69) is 5.32 Å². The molecule has 1 aliphatic heterocycles. The number of carbonyl (C=O) groups is 3. The average molecular weight is 323 g/mol. The summed E-state index contributed by atoms with van der Waals surface area (Å²) < 4.78 is 0. The van der Waals surface area contributed by atoms with Crippen LogP contribution in [0, 0.1) is 0 Å². The lowest BCUT2D eigenvalue weighted by atomic mass is 10.2. The minimum atomic E-state index is -0.434. The van der Waals surface area contributed by atoms with Crippen molar-refractivity contribution in [3.8, 4) is 0 Å². The molecule has 0 aromatic carbocycles. The lowest BCUT2D eigenvalue weighted by Gasteiger charge is -2.11. The Morgan fingerprint density at radius 2 is 2.18 bits per heavy atom. The van der Waals surface area contributed by atoms with E-state index in [-0.39, 0.29) is 18.0 Å². The standard InChI is InChI=1S/C14H17N3O4S/c18-12(16-21)6-2-1-3-7-17-13(19)11(15-14(17)20)9-10-5-4-8-22-10/h4-5,8-9,21H,1-3,6-7H2,(H,15,20)(H,16,18). The first kappa shape index (κ1) is 16.2. The molecule has 2 rings (SSSR count). The normalized spacial score (nSPS) is 16.2. The number of hydroxylamine groups is 1. The summed E-state index contributed by atoms with van der Waals surface area (Å²) in [5.41, 5.74) is 1.85. The fourth-order valence-electron chi connectivity index (χ4n) is 2.08. The molecule has 0 atom stereocenters. The molecule has 4 amide bonds. The monoisotopic (exact) mass is 323 g/mol. The molecule has 0 radical (unpaired) electrons. The van der Waals surface area contributed by atoms with E-state index in [0.717, 1.165) is 4.88 Å². The van der Waals surface area contributed by atoms with Gasteiger partial charge in [0.2, 0.25) is 5.91 Å². The van der Waals surface area contributed by atoms with Crippen LogP contribution in [0.5, 0.6) is 0 Å². The number of nitrogens with one attached hydrogen (secondary N) is 2. The van der Waals surface area contributed by atoms with Gasteiger partial charge < -0.3 is 5.32 Å². The van der Waals surface area contributed by atoms with Crippen LogP contribution in [0.1, 0.15) is 30.6 Å². The zero-order valence-electron chi connectivity index (χ0n) is 11.9. The van der Waals surface area contributed by atoms with E-state index in [1.165, 1.54) is 16.2 Å². The molecule has 0 spiro atoms. The van der Waals surface area contributed by atoms with Crippen molar-refractivity contribution >= 4 is 35.3 Å². The van der Waals surface area contributed by atoms with E-state index in [9.17, 15) is 14.4 Å². The molecular weight excluding hydrogens is 306 g/mol. The van der Waals surface area contributed by atoms with Crippen LogP contribution >= 0.6 is 11.3 Å². The maximum atomic E-state index is 12.1. The van der Waals surface area contributed by atoms with Gasteiger partial charge in [-0.25, -0.2) is 10.3 Å². The van der Waals surface area contributed by atoms with Gasteiger partial charge in [0.1, 0.15) is 5.70 Å². The van der Waals surface area contributed by atoms with Crippen molar-refractivity contribution in [2.24, 2.45) is 0 Å². The topological polar surface area (TPSA) is 98.7 Å². The quantitative estimate of drug-likeness (QED) is 0.234. The molecule has 2 heterocycles. The van der Waals surface area contributed by atoms with Gasteiger partial charge in [-0.15, -0.1) is 11.3 Å². The molecule has 1 fully saturated rings. The summed E-state index contributed by atoms with van der Waals surface area (Å²) >= 11 is 1.49. The molecule has 22 heavy (non-hydrogen) atoms. The van der Waals surface area contributed by atoms with E-state index in [1.807, 2.05) is 17.5 Å². The number of rotatable bonds is 7. The zero-order valence-corrected chi connectivity index (χ0v) is 12.7. The van der Waals surface area contributed by atoms with E-state index in [0.29, 0.717) is 25.8 Å². The van der Waals surface area contributed by atoms with Crippen LogP contribution in [-0.4, -0.2) is 34.5 Å². The molecule has 0 unspecified atom stereocenters. The van der Waals surface area contributed by atoms with Crippen LogP contribution < -0.4 is 10.8 Å². The molecule has 118 valence electrons. The Labute approximate surface area is 131 Å². The van der Waals surface area contributed by atoms with Gasteiger partial charge in [0.15, 0.2) is 0 Å². The number of amides is 4. The van der Waals surface area contributed by atoms with Gasteiger partial charge in [-0.1, -0.05) is 12.5 Å². The minimum Gasteiger partial charge on any atom is -0.303 e. The number of thiophene rings is 1. The highest BCUT2D eigenvalue weighted by Gasteiger charge is 2.32. The molecule has 1 aliphatic rings. The van der Waals surface area contributed by atoms with E-state index < -0.39 is 11.9 Å². The summed E-state index contributed by atoms with van der Waals surface area (Å²) in [7, 11) is 0. The van der Waals surface area contributed by atoms with Gasteiger partial charge in [0.05, 0.1) is 0 Å². The average Bonchev–Trinajstić information content (AvgIpc) is 3.10. The molecule has 0 aliphatic carbocycles. The van der Waals surface area contributed by atoms with Gasteiger partial charge in [-0.2, -0.15) is 0 Å².